The van der Waals surface area contributed by atoms with Gasteiger partial charge in [0.05, 0.1) is 29.7 Å². The van der Waals surface area contributed by atoms with E-state index in [4.69, 9.17) is 19.5 Å². The van der Waals surface area contributed by atoms with E-state index in [2.05, 4.69) is 27.2 Å². The summed E-state index contributed by atoms with van der Waals surface area (Å²) < 4.78 is 76.0. The second-order valence-corrected chi connectivity index (χ2v) is 10.1. The molecular formula is C33H32F4N4O8. The van der Waals surface area contributed by atoms with Crippen molar-refractivity contribution in [3.8, 4) is 23.7 Å². The third-order valence-corrected chi connectivity index (χ3v) is 6.72. The molecule has 2 atom stereocenters. The molecule has 12 nitrogen and oxygen atoms in total. The summed E-state index contributed by atoms with van der Waals surface area (Å²) in [5.74, 6) is 0.207. The van der Waals surface area contributed by atoms with E-state index in [0.29, 0.717) is 11.3 Å². The van der Waals surface area contributed by atoms with Gasteiger partial charge in [-0.2, -0.15) is 18.4 Å². The summed E-state index contributed by atoms with van der Waals surface area (Å²) in [5.41, 5.74) is -2.88. The number of carbonyl (C=O) groups excluding carboxylic acids is 3. The number of allylic oxidation sites excluding steroid dienone is 2. The summed E-state index contributed by atoms with van der Waals surface area (Å²) in [6.45, 7) is 0.734. The zero-order valence-electron chi connectivity index (χ0n) is 26.3. The quantitative estimate of drug-likeness (QED) is 0.0803. The molecule has 0 fully saturated rings. The number of dihydropyridines is 1. The number of aliphatic hydroxyl groups is 1. The monoisotopic (exact) mass is 688 g/mol. The molecule has 1 aliphatic rings. The second-order valence-electron chi connectivity index (χ2n) is 10.1. The normalized spacial score (nSPS) is 14.8. The highest BCUT2D eigenvalue weighted by atomic mass is 19.4. The molecule has 49 heavy (non-hydrogen) atoms. The first kappa shape index (κ1) is 37.9. The molecule has 3 rings (SSSR count). The number of nitriles is 1. The third kappa shape index (κ3) is 11.0. The molecule has 0 radical (unpaired) electrons. The number of hydrogen-bond acceptors (Lipinski definition) is 11. The number of amides is 1. The number of nitrogens with zero attached hydrogens (tertiary/aromatic N) is 1. The van der Waals surface area contributed by atoms with Gasteiger partial charge in [0.25, 0.3) is 0 Å². The highest BCUT2D eigenvalue weighted by Crippen LogP contribution is 2.43. The number of nitrogens with one attached hydrogen (secondary N) is 3. The van der Waals surface area contributed by atoms with Crippen LogP contribution < -0.4 is 20.7 Å². The minimum absolute atomic E-state index is 0.0542. The molecule has 0 aliphatic carbocycles. The molecule has 16 heteroatoms. The van der Waals surface area contributed by atoms with Crippen LogP contribution in [-0.2, 0) is 23.8 Å². The number of carbonyl (C=O) groups is 3. The van der Waals surface area contributed by atoms with Crippen LogP contribution in [0, 0.1) is 29.0 Å². The Hall–Kier alpha value is -5.58. The van der Waals surface area contributed by atoms with E-state index in [1.807, 2.05) is 11.4 Å². The fourth-order valence-electron chi connectivity index (χ4n) is 4.56. The summed E-state index contributed by atoms with van der Waals surface area (Å²) in [6.07, 6.45) is -6.74. The van der Waals surface area contributed by atoms with E-state index in [1.54, 1.807) is 24.3 Å². The van der Waals surface area contributed by atoms with Gasteiger partial charge in [-0.1, -0.05) is 36.1 Å². The van der Waals surface area contributed by atoms with Gasteiger partial charge in [0.1, 0.15) is 36.0 Å². The molecule has 0 bridgehead atoms. The van der Waals surface area contributed by atoms with Gasteiger partial charge in [-0.05, 0) is 36.8 Å². The molecule has 0 saturated carbocycles. The molecular weight excluding hydrogens is 656 g/mol. The van der Waals surface area contributed by atoms with Crippen molar-refractivity contribution < 1.29 is 56.0 Å². The Labute approximate surface area is 278 Å². The highest BCUT2D eigenvalue weighted by Gasteiger charge is 2.47. The number of alkyl halides is 3. The van der Waals surface area contributed by atoms with Crippen LogP contribution in [0.25, 0.3) is 0 Å². The van der Waals surface area contributed by atoms with Gasteiger partial charge in [0.2, 0.25) is 0 Å². The van der Waals surface area contributed by atoms with E-state index >= 15 is 0 Å². The van der Waals surface area contributed by atoms with Crippen LogP contribution in [-0.4, -0.2) is 82.0 Å². The largest absolute Gasteiger partial charge is 0.489 e. The smallest absolute Gasteiger partial charge is 0.431 e. The number of rotatable bonds is 13. The predicted molar refractivity (Wildman–Crippen MR) is 164 cm³/mol. The van der Waals surface area contributed by atoms with Crippen LogP contribution in [0.5, 0.6) is 5.75 Å². The average Bonchev–Trinajstić information content (AvgIpc) is 3.07. The summed E-state index contributed by atoms with van der Waals surface area (Å²) >= 11 is 0. The van der Waals surface area contributed by atoms with Crippen LogP contribution in [0.3, 0.4) is 0 Å². The fraction of sp³-hybridized carbons (Fsp3) is 0.333. The van der Waals surface area contributed by atoms with Crippen LogP contribution in [0.1, 0.15) is 24.0 Å². The highest BCUT2D eigenvalue weighted by molar-refractivity contribution is 6.00. The number of benzene rings is 2. The summed E-state index contributed by atoms with van der Waals surface area (Å²) in [5, 5.41) is 26.5. The van der Waals surface area contributed by atoms with E-state index in [0.717, 1.165) is 19.2 Å². The van der Waals surface area contributed by atoms with E-state index < -0.39 is 72.1 Å². The van der Waals surface area contributed by atoms with Crippen LogP contribution >= 0.6 is 0 Å². The number of hydrogen-bond donors (Lipinski definition) is 4. The minimum atomic E-state index is -5.05. The van der Waals surface area contributed by atoms with Gasteiger partial charge in [0, 0.05) is 25.3 Å². The summed E-state index contributed by atoms with van der Waals surface area (Å²) in [7, 11) is 0.869. The molecule has 0 saturated heterocycles. The molecule has 260 valence electrons. The molecule has 1 amide bonds. The van der Waals surface area contributed by atoms with Crippen LogP contribution in [0.15, 0.2) is 71.1 Å². The SMILES string of the molecule is COC(=O)C1=C(C(F)(F)F)NC(C)=C(C(=O)OCC#CCOC(=O)NCCNCC(O)COc2ccccc2C#N)C1c1cccc(F)c1. The Kier molecular flexibility index (Phi) is 14.0. The lowest BCUT2D eigenvalue weighted by atomic mass is 9.80. The Bertz CT molecular complexity index is 1690. The summed E-state index contributed by atoms with van der Waals surface area (Å²) in [6, 6.07) is 13.0. The number of alkyl carbamates (subject to hydrolysis) is 1. The first-order valence-electron chi connectivity index (χ1n) is 14.5. The van der Waals surface area contributed by atoms with Gasteiger partial charge in [-0.3, -0.25) is 0 Å². The Morgan fingerprint density at radius 3 is 2.41 bits per heavy atom. The van der Waals surface area contributed by atoms with Crippen molar-refractivity contribution in [1.82, 2.24) is 16.0 Å². The fourth-order valence-corrected chi connectivity index (χ4v) is 4.56. The molecule has 2 aromatic rings. The molecule has 0 spiro atoms. The van der Waals surface area contributed by atoms with Crippen molar-refractivity contribution in [2.75, 3.05) is 46.6 Å². The number of methoxy groups -OCH3 is 1. The number of aliphatic hydroxyl groups excluding tert-OH is 1. The van der Waals surface area contributed by atoms with Crippen molar-refractivity contribution in [2.24, 2.45) is 0 Å². The zero-order chi connectivity index (χ0) is 36.0. The van der Waals surface area contributed by atoms with Gasteiger partial charge in [-0.25, -0.2) is 18.8 Å². The van der Waals surface area contributed by atoms with E-state index in [9.17, 15) is 37.1 Å². The first-order valence-corrected chi connectivity index (χ1v) is 14.5. The van der Waals surface area contributed by atoms with Crippen molar-refractivity contribution >= 4 is 18.0 Å². The Balaban J connectivity index is 1.47. The van der Waals surface area contributed by atoms with Gasteiger partial charge in [-0.15, -0.1) is 0 Å². The zero-order valence-corrected chi connectivity index (χ0v) is 26.3. The van der Waals surface area contributed by atoms with Gasteiger partial charge >= 0.3 is 24.2 Å². The number of para-hydroxylation sites is 1. The number of esters is 2. The molecule has 1 aliphatic heterocycles. The maximum atomic E-state index is 14.1. The first-order chi connectivity index (χ1) is 23.4. The van der Waals surface area contributed by atoms with Crippen LogP contribution in [0.2, 0.25) is 0 Å². The average molecular weight is 689 g/mol. The van der Waals surface area contributed by atoms with Crippen molar-refractivity contribution in [2.45, 2.75) is 25.1 Å². The molecule has 4 N–H and O–H groups in total. The minimum Gasteiger partial charge on any atom is -0.489 e. The lowest BCUT2D eigenvalue weighted by Crippen LogP contribution is -2.38. The predicted octanol–water partition coefficient (Wildman–Crippen LogP) is 2.95. The lowest BCUT2D eigenvalue weighted by molar-refractivity contribution is -0.139. The van der Waals surface area contributed by atoms with Gasteiger partial charge in [0.15, 0.2) is 13.2 Å². The molecule has 0 aromatic heterocycles. The third-order valence-electron chi connectivity index (χ3n) is 6.72. The lowest BCUT2D eigenvalue weighted by Gasteiger charge is -2.31. The molecule has 2 aromatic carbocycles. The Morgan fingerprint density at radius 1 is 1.02 bits per heavy atom. The standard InChI is InChI=1S/C33H32F4N4O8/c1-20-26(27(21-9-7-10-23(34)16-21)28(30(43)46-2)29(41-20)33(35,36)37)31(44)47-14-5-6-15-48-32(45)40-13-12-39-18-24(42)19-49-25-11-4-3-8-22(25)17-38/h3-4,7-11,16,24,27,39,41-42H,12-15,18-19H2,1-2H3,(H,40,45). The van der Waals surface area contributed by atoms with Crippen molar-refractivity contribution in [1.29, 1.82) is 5.26 Å². The van der Waals surface area contributed by atoms with E-state index in [1.165, 1.54) is 19.1 Å². The van der Waals surface area contributed by atoms with Crippen LogP contribution in [0.4, 0.5) is 22.4 Å². The molecule has 2 unspecified atom stereocenters. The second kappa shape index (κ2) is 18.1. The number of ether oxygens (including phenoxy) is 4. The summed E-state index contributed by atoms with van der Waals surface area (Å²) in [4.78, 5) is 37.6. The van der Waals surface area contributed by atoms with E-state index in [-0.39, 0.29) is 37.5 Å². The topological polar surface area (TPSA) is 168 Å². The van der Waals surface area contributed by atoms with Crippen molar-refractivity contribution in [3.05, 3.63) is 88.0 Å². The number of halogens is 4. The maximum Gasteiger partial charge on any atom is 0.431 e. The van der Waals surface area contributed by atoms with Gasteiger partial charge < -0.3 is 40.0 Å². The molecule has 1 heterocycles. The Morgan fingerprint density at radius 2 is 1.73 bits per heavy atom. The maximum absolute atomic E-state index is 14.1. The van der Waals surface area contributed by atoms with Crippen molar-refractivity contribution in [3.63, 3.8) is 0 Å².